The third kappa shape index (κ3) is 5.54. The first kappa shape index (κ1) is 11.9. The molecule has 0 amide bonds. The lowest BCUT2D eigenvalue weighted by atomic mass is 10.1. The molecule has 0 radical (unpaired) electrons. The van der Waals surface area contributed by atoms with Crippen LogP contribution in [-0.4, -0.2) is 33.0 Å². The van der Waals surface area contributed by atoms with E-state index < -0.39 is 0 Å². The summed E-state index contributed by atoms with van der Waals surface area (Å²) in [5.41, 5.74) is 2.80. The van der Waals surface area contributed by atoms with Gasteiger partial charge in [-0.2, -0.15) is 0 Å². The second-order valence-corrected chi connectivity index (χ2v) is 3.95. The normalized spacial score (nSPS) is 18.4. The van der Waals surface area contributed by atoms with Gasteiger partial charge in [-0.25, -0.2) is 0 Å². The molecule has 0 aromatic heterocycles. The summed E-state index contributed by atoms with van der Waals surface area (Å²) in [7, 11) is 1.68. The van der Waals surface area contributed by atoms with Gasteiger partial charge in [-0.3, -0.25) is 11.3 Å². The number of hydrogen-bond acceptors (Lipinski definition) is 4. The molecule has 0 bridgehead atoms. The molecule has 3 N–H and O–H groups in total. The minimum Gasteiger partial charge on any atom is -0.382 e. The van der Waals surface area contributed by atoms with Crippen LogP contribution in [0.5, 0.6) is 0 Å². The van der Waals surface area contributed by atoms with Crippen molar-refractivity contribution in [3.05, 3.63) is 0 Å². The smallest absolute Gasteiger partial charge is 0.0701 e. The van der Waals surface area contributed by atoms with Crippen LogP contribution >= 0.6 is 0 Å². The molecule has 84 valence electrons. The highest BCUT2D eigenvalue weighted by Crippen LogP contribution is 2.33. The quantitative estimate of drug-likeness (QED) is 0.328. The predicted molar refractivity (Wildman–Crippen MR) is 55.8 cm³/mol. The van der Waals surface area contributed by atoms with Gasteiger partial charge >= 0.3 is 0 Å². The molecule has 1 atom stereocenters. The summed E-state index contributed by atoms with van der Waals surface area (Å²) in [6.07, 6.45) is 5.21. The Morgan fingerprint density at radius 3 is 2.79 bits per heavy atom. The van der Waals surface area contributed by atoms with Gasteiger partial charge in [0.15, 0.2) is 0 Å². The van der Waals surface area contributed by atoms with Crippen molar-refractivity contribution in [2.75, 3.05) is 26.9 Å². The number of nitrogens with one attached hydrogen (secondary N) is 1. The molecule has 1 aliphatic carbocycles. The van der Waals surface area contributed by atoms with Crippen LogP contribution in [0.1, 0.15) is 25.7 Å². The Morgan fingerprint density at radius 2 is 2.21 bits per heavy atom. The SMILES string of the molecule is COCCOCC(CCC1CC1)NN. The van der Waals surface area contributed by atoms with Crippen molar-refractivity contribution < 1.29 is 9.47 Å². The summed E-state index contributed by atoms with van der Waals surface area (Å²) >= 11 is 0. The molecule has 1 rings (SSSR count). The van der Waals surface area contributed by atoms with Crippen molar-refractivity contribution in [3.8, 4) is 0 Å². The van der Waals surface area contributed by atoms with Crippen LogP contribution in [0.15, 0.2) is 0 Å². The van der Waals surface area contributed by atoms with Gasteiger partial charge in [0.05, 0.1) is 19.8 Å². The van der Waals surface area contributed by atoms with Gasteiger partial charge in [0.1, 0.15) is 0 Å². The first-order chi connectivity index (χ1) is 6.86. The standard InChI is InChI=1S/C10H22N2O2/c1-13-6-7-14-8-10(12-11)5-4-9-2-3-9/h9-10,12H,2-8,11H2,1H3. The zero-order valence-electron chi connectivity index (χ0n) is 9.00. The largest absolute Gasteiger partial charge is 0.382 e. The fourth-order valence-electron chi connectivity index (χ4n) is 1.43. The molecule has 4 heteroatoms. The van der Waals surface area contributed by atoms with Gasteiger partial charge in [-0.05, 0) is 18.8 Å². The first-order valence-corrected chi connectivity index (χ1v) is 5.39. The summed E-state index contributed by atoms with van der Waals surface area (Å²) < 4.78 is 10.3. The summed E-state index contributed by atoms with van der Waals surface area (Å²) in [5, 5.41) is 0. The lowest BCUT2D eigenvalue weighted by Crippen LogP contribution is -2.39. The van der Waals surface area contributed by atoms with E-state index in [0.717, 1.165) is 12.3 Å². The predicted octanol–water partition coefficient (Wildman–Crippen LogP) is 0.672. The highest BCUT2D eigenvalue weighted by Gasteiger charge is 2.22. The van der Waals surface area contributed by atoms with Crippen LogP contribution in [0, 0.1) is 5.92 Å². The van der Waals surface area contributed by atoms with E-state index in [1.807, 2.05) is 0 Å². The molecule has 1 aliphatic rings. The molecular weight excluding hydrogens is 180 g/mol. The number of hydrogen-bond donors (Lipinski definition) is 2. The van der Waals surface area contributed by atoms with Crippen LogP contribution in [-0.2, 0) is 9.47 Å². The van der Waals surface area contributed by atoms with Gasteiger partial charge in [0.25, 0.3) is 0 Å². The second kappa shape index (κ2) is 7.17. The van der Waals surface area contributed by atoms with E-state index in [9.17, 15) is 0 Å². The van der Waals surface area contributed by atoms with Gasteiger partial charge in [-0.1, -0.05) is 12.8 Å². The van der Waals surface area contributed by atoms with E-state index in [-0.39, 0.29) is 0 Å². The molecule has 1 unspecified atom stereocenters. The summed E-state index contributed by atoms with van der Waals surface area (Å²) in [6.45, 7) is 1.99. The summed E-state index contributed by atoms with van der Waals surface area (Å²) in [5.74, 6) is 6.40. The van der Waals surface area contributed by atoms with E-state index in [0.29, 0.717) is 25.9 Å². The maximum atomic E-state index is 5.43. The van der Waals surface area contributed by atoms with E-state index in [2.05, 4.69) is 5.43 Å². The van der Waals surface area contributed by atoms with Gasteiger partial charge < -0.3 is 9.47 Å². The molecule has 1 saturated carbocycles. The Morgan fingerprint density at radius 1 is 1.43 bits per heavy atom. The number of hydrazine groups is 1. The minimum atomic E-state index is 0.299. The van der Waals surface area contributed by atoms with E-state index in [4.69, 9.17) is 15.3 Å². The summed E-state index contributed by atoms with van der Waals surface area (Å²) in [6, 6.07) is 0.299. The Hall–Kier alpha value is -0.160. The van der Waals surface area contributed by atoms with E-state index >= 15 is 0 Å². The first-order valence-electron chi connectivity index (χ1n) is 5.39. The van der Waals surface area contributed by atoms with Crippen molar-refractivity contribution in [1.29, 1.82) is 0 Å². The second-order valence-electron chi connectivity index (χ2n) is 3.95. The lowest BCUT2D eigenvalue weighted by Gasteiger charge is -2.15. The average Bonchev–Trinajstić information content (AvgIpc) is 3.01. The third-order valence-electron chi connectivity index (χ3n) is 2.61. The molecule has 0 aliphatic heterocycles. The van der Waals surface area contributed by atoms with E-state index in [1.165, 1.54) is 19.3 Å². The fraction of sp³-hybridized carbons (Fsp3) is 1.00. The minimum absolute atomic E-state index is 0.299. The lowest BCUT2D eigenvalue weighted by molar-refractivity contribution is 0.0570. The van der Waals surface area contributed by atoms with Crippen molar-refractivity contribution in [2.45, 2.75) is 31.7 Å². The van der Waals surface area contributed by atoms with Crippen LogP contribution < -0.4 is 11.3 Å². The Bertz CT molecular complexity index is 140. The average molecular weight is 202 g/mol. The van der Waals surface area contributed by atoms with Gasteiger partial charge in [0.2, 0.25) is 0 Å². The molecule has 0 aromatic carbocycles. The third-order valence-corrected chi connectivity index (χ3v) is 2.61. The maximum absolute atomic E-state index is 5.43. The molecular formula is C10H22N2O2. The maximum Gasteiger partial charge on any atom is 0.0701 e. The number of methoxy groups -OCH3 is 1. The van der Waals surface area contributed by atoms with Gasteiger partial charge in [0, 0.05) is 13.2 Å². The molecule has 0 spiro atoms. The number of rotatable bonds is 9. The number of ether oxygens (including phenoxy) is 2. The highest BCUT2D eigenvalue weighted by molar-refractivity contribution is 4.75. The van der Waals surface area contributed by atoms with Crippen molar-refractivity contribution in [1.82, 2.24) is 5.43 Å². The number of nitrogens with two attached hydrogens (primary N) is 1. The summed E-state index contributed by atoms with van der Waals surface area (Å²) in [4.78, 5) is 0. The molecule has 0 aromatic rings. The van der Waals surface area contributed by atoms with Crippen LogP contribution in [0.4, 0.5) is 0 Å². The Kier molecular flexibility index (Phi) is 6.10. The van der Waals surface area contributed by atoms with Crippen LogP contribution in [0.3, 0.4) is 0 Å². The van der Waals surface area contributed by atoms with Crippen molar-refractivity contribution in [3.63, 3.8) is 0 Å². The molecule has 4 nitrogen and oxygen atoms in total. The van der Waals surface area contributed by atoms with Gasteiger partial charge in [-0.15, -0.1) is 0 Å². The zero-order chi connectivity index (χ0) is 10.2. The van der Waals surface area contributed by atoms with Crippen molar-refractivity contribution >= 4 is 0 Å². The highest BCUT2D eigenvalue weighted by atomic mass is 16.5. The van der Waals surface area contributed by atoms with Crippen LogP contribution in [0.25, 0.3) is 0 Å². The topological polar surface area (TPSA) is 56.5 Å². The fourth-order valence-corrected chi connectivity index (χ4v) is 1.43. The molecule has 0 saturated heterocycles. The molecule has 14 heavy (non-hydrogen) atoms. The monoisotopic (exact) mass is 202 g/mol. The van der Waals surface area contributed by atoms with Crippen molar-refractivity contribution in [2.24, 2.45) is 11.8 Å². The zero-order valence-corrected chi connectivity index (χ0v) is 9.00. The van der Waals surface area contributed by atoms with Crippen LogP contribution in [0.2, 0.25) is 0 Å². The Labute approximate surface area is 86.1 Å². The molecule has 1 fully saturated rings. The van der Waals surface area contributed by atoms with E-state index in [1.54, 1.807) is 7.11 Å². The molecule has 0 heterocycles. The Balaban J connectivity index is 1.93.